The number of hydrogen-bond acceptors (Lipinski definition) is 1. The minimum Gasteiger partial charge on any atom is -0.328 e. The van der Waals surface area contributed by atoms with Gasteiger partial charge in [-0.25, -0.2) is 4.39 Å². The molecule has 2 nitrogen and oxygen atoms in total. The van der Waals surface area contributed by atoms with Crippen LogP contribution in [0.2, 0.25) is 0 Å². The van der Waals surface area contributed by atoms with E-state index in [0.717, 1.165) is 0 Å². The second-order valence-corrected chi connectivity index (χ2v) is 4.44. The maximum absolute atomic E-state index is 13.8. The zero-order chi connectivity index (χ0) is 14.2. The van der Waals surface area contributed by atoms with Crippen molar-refractivity contribution in [3.8, 4) is 0 Å². The maximum Gasteiger partial charge on any atom is 0.471 e. The Hall–Kier alpha value is -1.59. The van der Waals surface area contributed by atoms with Gasteiger partial charge in [-0.3, -0.25) is 4.79 Å². The highest BCUT2D eigenvalue weighted by Crippen LogP contribution is 2.44. The quantitative estimate of drug-likeness (QED) is 0.756. The largest absolute Gasteiger partial charge is 0.471 e. The summed E-state index contributed by atoms with van der Waals surface area (Å²) in [6.45, 7) is 1.35. The molecule has 1 aliphatic rings. The van der Waals surface area contributed by atoms with Gasteiger partial charge in [-0.15, -0.1) is 0 Å². The lowest BCUT2D eigenvalue weighted by atomic mass is 10.1. The fourth-order valence-electron chi connectivity index (χ4n) is 2.51. The van der Waals surface area contributed by atoms with Crippen molar-refractivity contribution in [2.75, 3.05) is 6.54 Å². The topological polar surface area (TPSA) is 20.3 Å². The molecule has 19 heavy (non-hydrogen) atoms. The van der Waals surface area contributed by atoms with Gasteiger partial charge >= 0.3 is 12.1 Å². The van der Waals surface area contributed by atoms with Crippen LogP contribution in [-0.2, 0) is 4.79 Å². The number of halogens is 4. The predicted molar refractivity (Wildman–Crippen MR) is 61.1 cm³/mol. The number of fused-ring (bicyclic) bond motifs is 1. The molecule has 0 aromatic heterocycles. The van der Waals surface area contributed by atoms with Crippen molar-refractivity contribution in [2.24, 2.45) is 0 Å². The molecule has 0 heterocycles. The fourth-order valence-corrected chi connectivity index (χ4v) is 2.51. The van der Waals surface area contributed by atoms with Crippen LogP contribution >= 0.6 is 0 Å². The summed E-state index contributed by atoms with van der Waals surface area (Å²) in [6, 6.07) is 5.55. The summed E-state index contributed by atoms with van der Waals surface area (Å²) in [5.41, 5.74) is 0.843. The standard InChI is InChI=1S/C13H13F4NO/c1-2-18(12(19)13(15,16)17)11-7-10(14)8-5-3-4-6-9(8)11/h3-6,10-11H,2,7H2,1H3/t10-,11-/m1/s1. The highest BCUT2D eigenvalue weighted by molar-refractivity contribution is 5.82. The summed E-state index contributed by atoms with van der Waals surface area (Å²) in [5, 5.41) is 0. The molecule has 2 rings (SSSR count). The molecular weight excluding hydrogens is 262 g/mol. The molecule has 0 N–H and O–H groups in total. The van der Waals surface area contributed by atoms with Crippen LogP contribution in [0.4, 0.5) is 17.6 Å². The molecule has 1 aromatic carbocycles. The lowest BCUT2D eigenvalue weighted by molar-refractivity contribution is -0.188. The van der Waals surface area contributed by atoms with Crippen LogP contribution in [-0.4, -0.2) is 23.5 Å². The van der Waals surface area contributed by atoms with Gasteiger partial charge in [0.25, 0.3) is 0 Å². The van der Waals surface area contributed by atoms with E-state index in [4.69, 9.17) is 0 Å². The molecule has 1 aliphatic carbocycles. The molecule has 1 amide bonds. The average Bonchev–Trinajstić information content (AvgIpc) is 2.68. The summed E-state index contributed by atoms with van der Waals surface area (Å²) in [7, 11) is 0. The van der Waals surface area contributed by atoms with Gasteiger partial charge in [0.1, 0.15) is 6.17 Å². The van der Waals surface area contributed by atoms with Gasteiger partial charge < -0.3 is 4.90 Å². The number of hydrogen-bond donors (Lipinski definition) is 0. The molecule has 0 saturated carbocycles. The lowest BCUT2D eigenvalue weighted by Crippen LogP contribution is -2.42. The summed E-state index contributed by atoms with van der Waals surface area (Å²) < 4.78 is 51.4. The predicted octanol–water partition coefficient (Wildman–Crippen LogP) is 3.55. The van der Waals surface area contributed by atoms with Gasteiger partial charge in [0.15, 0.2) is 0 Å². The SMILES string of the molecule is CCN(C(=O)C(F)(F)F)[C@@H]1C[C@@H](F)c2ccccc21. The Morgan fingerprint density at radius 2 is 1.89 bits per heavy atom. The first-order valence-corrected chi connectivity index (χ1v) is 5.97. The van der Waals surface area contributed by atoms with E-state index in [1.807, 2.05) is 0 Å². The number of benzene rings is 1. The van der Waals surface area contributed by atoms with Crippen LogP contribution in [0.5, 0.6) is 0 Å². The van der Waals surface area contributed by atoms with Crippen molar-refractivity contribution >= 4 is 5.91 Å². The number of carbonyl (C=O) groups excluding carboxylic acids is 1. The normalized spacial score (nSPS) is 22.2. The Morgan fingerprint density at radius 3 is 2.42 bits per heavy atom. The third-order valence-corrected chi connectivity index (χ3v) is 3.34. The van der Waals surface area contributed by atoms with E-state index in [1.54, 1.807) is 24.3 Å². The van der Waals surface area contributed by atoms with E-state index in [-0.39, 0.29) is 13.0 Å². The average molecular weight is 275 g/mol. The molecule has 6 heteroatoms. The van der Waals surface area contributed by atoms with Gasteiger partial charge in [-0.1, -0.05) is 24.3 Å². The Kier molecular flexibility index (Phi) is 3.52. The van der Waals surface area contributed by atoms with Gasteiger partial charge in [-0.2, -0.15) is 13.2 Å². The molecule has 104 valence electrons. The second-order valence-electron chi connectivity index (χ2n) is 4.44. The molecule has 2 atom stereocenters. The monoisotopic (exact) mass is 275 g/mol. The van der Waals surface area contributed by atoms with Crippen LogP contribution in [0.1, 0.15) is 36.7 Å². The molecular formula is C13H13F4NO. The molecule has 1 aromatic rings. The molecule has 0 aliphatic heterocycles. The molecule has 0 bridgehead atoms. The van der Waals surface area contributed by atoms with Crippen molar-refractivity contribution in [3.63, 3.8) is 0 Å². The highest BCUT2D eigenvalue weighted by Gasteiger charge is 2.46. The van der Waals surface area contributed by atoms with Crippen LogP contribution in [0.15, 0.2) is 24.3 Å². The first-order valence-electron chi connectivity index (χ1n) is 5.97. The minimum atomic E-state index is -4.93. The van der Waals surface area contributed by atoms with E-state index < -0.39 is 24.3 Å². The summed E-state index contributed by atoms with van der Waals surface area (Å²) in [6.07, 6.45) is -6.37. The van der Waals surface area contributed by atoms with E-state index in [2.05, 4.69) is 0 Å². The summed E-state index contributed by atoms with van der Waals surface area (Å²) in [4.78, 5) is 12.1. The van der Waals surface area contributed by atoms with Crippen LogP contribution in [0, 0.1) is 0 Å². The van der Waals surface area contributed by atoms with E-state index in [9.17, 15) is 22.4 Å². The van der Waals surface area contributed by atoms with E-state index >= 15 is 0 Å². The number of alkyl halides is 4. The summed E-state index contributed by atoms with van der Waals surface area (Å²) >= 11 is 0. The van der Waals surface area contributed by atoms with Crippen molar-refractivity contribution in [1.82, 2.24) is 4.90 Å². The molecule has 0 radical (unpaired) electrons. The second kappa shape index (κ2) is 4.83. The zero-order valence-electron chi connectivity index (χ0n) is 10.2. The smallest absolute Gasteiger partial charge is 0.328 e. The third kappa shape index (κ3) is 2.43. The van der Waals surface area contributed by atoms with Crippen molar-refractivity contribution < 1.29 is 22.4 Å². The van der Waals surface area contributed by atoms with Crippen LogP contribution in [0.3, 0.4) is 0 Å². The van der Waals surface area contributed by atoms with Crippen LogP contribution in [0.25, 0.3) is 0 Å². The Labute approximate surface area is 108 Å². The first-order chi connectivity index (χ1) is 8.86. The maximum atomic E-state index is 13.8. The highest BCUT2D eigenvalue weighted by atomic mass is 19.4. The minimum absolute atomic E-state index is 0.107. The van der Waals surface area contributed by atoms with E-state index in [1.165, 1.54) is 6.92 Å². The van der Waals surface area contributed by atoms with Crippen LogP contribution < -0.4 is 0 Å². The van der Waals surface area contributed by atoms with Crippen molar-refractivity contribution in [1.29, 1.82) is 0 Å². The van der Waals surface area contributed by atoms with Gasteiger partial charge in [0, 0.05) is 13.0 Å². The Bertz CT molecular complexity index is 486. The number of amides is 1. The van der Waals surface area contributed by atoms with Crippen molar-refractivity contribution in [3.05, 3.63) is 35.4 Å². The molecule has 0 saturated heterocycles. The number of rotatable bonds is 2. The Morgan fingerprint density at radius 1 is 1.32 bits per heavy atom. The molecule has 0 unspecified atom stereocenters. The third-order valence-electron chi connectivity index (χ3n) is 3.34. The first kappa shape index (κ1) is 13.8. The molecule has 0 fully saturated rings. The lowest BCUT2D eigenvalue weighted by Gasteiger charge is -2.29. The fraction of sp³-hybridized carbons (Fsp3) is 0.462. The zero-order valence-corrected chi connectivity index (χ0v) is 10.2. The van der Waals surface area contributed by atoms with Gasteiger partial charge in [-0.05, 0) is 18.1 Å². The van der Waals surface area contributed by atoms with Crippen molar-refractivity contribution in [2.45, 2.75) is 31.7 Å². The van der Waals surface area contributed by atoms with E-state index in [0.29, 0.717) is 16.0 Å². The number of carbonyl (C=O) groups is 1. The van der Waals surface area contributed by atoms with Gasteiger partial charge in [0.05, 0.1) is 6.04 Å². The van der Waals surface area contributed by atoms with Gasteiger partial charge in [0.2, 0.25) is 0 Å². The number of nitrogens with zero attached hydrogens (tertiary/aromatic N) is 1. The Balaban J connectivity index is 2.34. The molecule has 0 spiro atoms. The summed E-state index contributed by atoms with van der Waals surface area (Å²) in [5.74, 6) is -1.91.